The van der Waals surface area contributed by atoms with Crippen LogP contribution in [0.3, 0.4) is 0 Å². The predicted octanol–water partition coefficient (Wildman–Crippen LogP) is 0.843. The first-order valence-corrected chi connectivity index (χ1v) is 3.38. The number of rotatable bonds is 0. The Kier molecular flexibility index (Phi) is 5.34. The van der Waals surface area contributed by atoms with Crippen molar-refractivity contribution >= 4 is 11.8 Å². The Bertz CT molecular complexity index is 224. The van der Waals surface area contributed by atoms with E-state index in [1.165, 1.54) is 14.0 Å². The molecule has 4 heteroatoms. The summed E-state index contributed by atoms with van der Waals surface area (Å²) in [5.74, 6) is 0.326. The lowest BCUT2D eigenvalue weighted by atomic mass is 10.5. The largest absolute Gasteiger partial charge is 0.469 e. The Morgan fingerprint density at radius 1 is 1.58 bits per heavy atom. The van der Waals surface area contributed by atoms with Gasteiger partial charge in [0.1, 0.15) is 5.82 Å². The zero-order chi connectivity index (χ0) is 9.40. The quantitative estimate of drug-likeness (QED) is 0.583. The van der Waals surface area contributed by atoms with Crippen LogP contribution in [0, 0.1) is 0 Å². The van der Waals surface area contributed by atoms with Crippen LogP contribution in [0.5, 0.6) is 0 Å². The van der Waals surface area contributed by atoms with Crippen LogP contribution in [-0.2, 0) is 9.53 Å². The number of carbonyl (C=O) groups excluding carboxylic acids is 1. The molecule has 0 aliphatic carbocycles. The number of pyridine rings is 1. The van der Waals surface area contributed by atoms with Crippen LogP contribution in [0.4, 0.5) is 5.82 Å². The number of ether oxygens (including phenoxy) is 1. The molecule has 0 atom stereocenters. The van der Waals surface area contributed by atoms with Crippen LogP contribution in [0.2, 0.25) is 0 Å². The molecule has 1 heterocycles. The molecule has 0 fully saturated rings. The van der Waals surface area contributed by atoms with Crippen molar-refractivity contribution in [1.29, 1.82) is 0 Å². The van der Waals surface area contributed by atoms with E-state index in [4.69, 9.17) is 5.73 Å². The lowest BCUT2D eigenvalue weighted by Gasteiger charge is -1.82. The third-order valence-electron chi connectivity index (χ3n) is 0.975. The van der Waals surface area contributed by atoms with Gasteiger partial charge in [-0.15, -0.1) is 0 Å². The van der Waals surface area contributed by atoms with Crippen molar-refractivity contribution in [3.05, 3.63) is 24.4 Å². The molecule has 0 aliphatic rings. The predicted molar refractivity (Wildman–Crippen MR) is 46.3 cm³/mol. The molecule has 66 valence electrons. The SMILES string of the molecule is COC(C)=O.Nc1ccccn1. The van der Waals surface area contributed by atoms with Crippen LogP contribution < -0.4 is 5.73 Å². The number of esters is 1. The highest BCUT2D eigenvalue weighted by molar-refractivity contribution is 5.65. The van der Waals surface area contributed by atoms with Gasteiger partial charge in [0.15, 0.2) is 0 Å². The fraction of sp³-hybridized carbons (Fsp3) is 0.250. The van der Waals surface area contributed by atoms with E-state index in [9.17, 15) is 4.79 Å². The van der Waals surface area contributed by atoms with E-state index in [2.05, 4.69) is 9.72 Å². The number of aromatic nitrogens is 1. The van der Waals surface area contributed by atoms with E-state index >= 15 is 0 Å². The maximum Gasteiger partial charge on any atom is 0.302 e. The van der Waals surface area contributed by atoms with Crippen molar-refractivity contribution in [1.82, 2.24) is 4.98 Å². The van der Waals surface area contributed by atoms with Crippen molar-refractivity contribution in [3.63, 3.8) is 0 Å². The van der Waals surface area contributed by atoms with Gasteiger partial charge < -0.3 is 10.5 Å². The van der Waals surface area contributed by atoms with Gasteiger partial charge in [0.2, 0.25) is 0 Å². The van der Waals surface area contributed by atoms with Gasteiger partial charge in [0.25, 0.3) is 0 Å². The number of hydrogen-bond acceptors (Lipinski definition) is 4. The van der Waals surface area contributed by atoms with E-state index in [0.29, 0.717) is 5.82 Å². The van der Waals surface area contributed by atoms with Crippen molar-refractivity contribution in [3.8, 4) is 0 Å². The summed E-state index contributed by atoms with van der Waals surface area (Å²) in [6, 6.07) is 5.43. The van der Waals surface area contributed by atoms with Gasteiger partial charge in [-0.2, -0.15) is 0 Å². The first-order chi connectivity index (χ1) is 5.66. The summed E-state index contributed by atoms with van der Waals surface area (Å²) >= 11 is 0. The molecule has 0 spiro atoms. The number of nitrogens with two attached hydrogens (primary N) is 1. The second-order valence-electron chi connectivity index (χ2n) is 1.95. The molecular formula is C8H12N2O2. The lowest BCUT2D eigenvalue weighted by molar-refractivity contribution is -0.137. The molecule has 1 aromatic rings. The van der Waals surface area contributed by atoms with Crippen LogP contribution >= 0.6 is 0 Å². The number of methoxy groups -OCH3 is 1. The highest BCUT2D eigenvalue weighted by Gasteiger charge is 1.75. The van der Waals surface area contributed by atoms with E-state index in [1.807, 2.05) is 12.1 Å². The fourth-order valence-corrected chi connectivity index (χ4v) is 0.376. The van der Waals surface area contributed by atoms with Gasteiger partial charge >= 0.3 is 5.97 Å². The van der Waals surface area contributed by atoms with Gasteiger partial charge in [-0.25, -0.2) is 4.98 Å². The highest BCUT2D eigenvalue weighted by atomic mass is 16.5. The van der Waals surface area contributed by atoms with Gasteiger partial charge in [0, 0.05) is 13.1 Å². The van der Waals surface area contributed by atoms with Crippen molar-refractivity contribution in [2.45, 2.75) is 6.92 Å². The van der Waals surface area contributed by atoms with Gasteiger partial charge in [-0.05, 0) is 12.1 Å². The minimum Gasteiger partial charge on any atom is -0.469 e. The van der Waals surface area contributed by atoms with E-state index in [-0.39, 0.29) is 5.97 Å². The van der Waals surface area contributed by atoms with E-state index < -0.39 is 0 Å². The molecule has 0 saturated carbocycles. The lowest BCUT2D eigenvalue weighted by Crippen LogP contribution is -1.88. The van der Waals surface area contributed by atoms with E-state index in [0.717, 1.165) is 0 Å². The summed E-state index contributed by atoms with van der Waals surface area (Å²) < 4.78 is 4.11. The van der Waals surface area contributed by atoms with Gasteiger partial charge in [0.05, 0.1) is 7.11 Å². The first-order valence-electron chi connectivity index (χ1n) is 3.38. The molecule has 0 amide bonds. The summed E-state index contributed by atoms with van der Waals surface area (Å²) in [5, 5.41) is 0. The van der Waals surface area contributed by atoms with Crippen molar-refractivity contribution in [2.75, 3.05) is 12.8 Å². The minimum absolute atomic E-state index is 0.245. The Balaban J connectivity index is 0.000000217. The number of nitrogens with zero attached hydrogens (tertiary/aromatic N) is 1. The summed E-state index contributed by atoms with van der Waals surface area (Å²) in [6.07, 6.45) is 1.66. The maximum absolute atomic E-state index is 9.59. The summed E-state index contributed by atoms with van der Waals surface area (Å²) in [7, 11) is 1.35. The third-order valence-corrected chi connectivity index (χ3v) is 0.975. The topological polar surface area (TPSA) is 65.2 Å². The molecule has 0 bridgehead atoms. The van der Waals surface area contributed by atoms with E-state index in [1.54, 1.807) is 12.3 Å². The maximum atomic E-state index is 9.59. The first kappa shape index (κ1) is 10.4. The molecule has 4 nitrogen and oxygen atoms in total. The molecule has 0 saturated heterocycles. The number of anilines is 1. The fourth-order valence-electron chi connectivity index (χ4n) is 0.376. The second-order valence-corrected chi connectivity index (χ2v) is 1.95. The molecular weight excluding hydrogens is 156 g/mol. The average molecular weight is 168 g/mol. The Hall–Kier alpha value is -1.58. The molecule has 1 rings (SSSR count). The zero-order valence-corrected chi connectivity index (χ0v) is 7.15. The van der Waals surface area contributed by atoms with Crippen LogP contribution in [-0.4, -0.2) is 18.1 Å². The minimum atomic E-state index is -0.245. The van der Waals surface area contributed by atoms with Crippen LogP contribution in [0.25, 0.3) is 0 Å². The number of nitrogen functional groups attached to an aromatic ring is 1. The van der Waals surface area contributed by atoms with Crippen LogP contribution in [0.1, 0.15) is 6.92 Å². The monoisotopic (exact) mass is 168 g/mol. The Morgan fingerprint density at radius 3 is 2.33 bits per heavy atom. The van der Waals surface area contributed by atoms with Gasteiger partial charge in [-0.3, -0.25) is 4.79 Å². The standard InChI is InChI=1S/C5H6N2.C3H6O2/c6-5-3-1-2-4-7-5;1-3(4)5-2/h1-4H,(H2,6,7);1-2H3. The molecule has 2 N–H and O–H groups in total. The Labute approximate surface area is 71.4 Å². The Morgan fingerprint density at radius 2 is 2.17 bits per heavy atom. The molecule has 1 aromatic heterocycles. The third kappa shape index (κ3) is 6.54. The summed E-state index contributed by atoms with van der Waals surface area (Å²) in [6.45, 7) is 1.36. The molecule has 12 heavy (non-hydrogen) atoms. The summed E-state index contributed by atoms with van der Waals surface area (Å²) in [4.78, 5) is 13.3. The molecule has 0 unspecified atom stereocenters. The number of hydrogen-bond donors (Lipinski definition) is 1. The number of carbonyl (C=O) groups is 1. The summed E-state index contributed by atoms with van der Waals surface area (Å²) in [5.41, 5.74) is 5.25. The second kappa shape index (κ2) is 6.15. The smallest absolute Gasteiger partial charge is 0.302 e. The molecule has 0 aliphatic heterocycles. The van der Waals surface area contributed by atoms with Crippen molar-refractivity contribution < 1.29 is 9.53 Å². The van der Waals surface area contributed by atoms with Gasteiger partial charge in [-0.1, -0.05) is 6.07 Å². The zero-order valence-electron chi connectivity index (χ0n) is 7.15. The highest BCUT2D eigenvalue weighted by Crippen LogP contribution is 1.89. The van der Waals surface area contributed by atoms with Crippen molar-refractivity contribution in [2.24, 2.45) is 0 Å². The average Bonchev–Trinajstić information content (AvgIpc) is 2.07. The normalized spacial score (nSPS) is 7.83. The molecule has 0 aromatic carbocycles. The van der Waals surface area contributed by atoms with Crippen LogP contribution in [0.15, 0.2) is 24.4 Å². The molecule has 0 radical (unpaired) electrons.